The van der Waals surface area contributed by atoms with Crippen molar-refractivity contribution in [3.8, 4) is 5.75 Å². The van der Waals surface area contributed by atoms with Crippen LogP contribution in [0.5, 0.6) is 5.75 Å². The molecule has 1 saturated heterocycles. The molecule has 6 nitrogen and oxygen atoms in total. The highest BCUT2D eigenvalue weighted by atomic mass is 16.4. The topological polar surface area (TPSA) is 81.1 Å². The molecule has 198 valence electrons. The number of aromatic hydroxyl groups is 1. The number of phenols is 1. The molecule has 1 heterocycles. The van der Waals surface area contributed by atoms with Crippen molar-refractivity contribution in [3.63, 3.8) is 0 Å². The van der Waals surface area contributed by atoms with Crippen LogP contribution in [-0.2, 0) is 10.8 Å². The molecule has 1 aliphatic carbocycles. The van der Waals surface area contributed by atoms with Crippen molar-refractivity contribution < 1.29 is 19.8 Å². The summed E-state index contributed by atoms with van der Waals surface area (Å²) in [5.74, 6) is -1.61. The third-order valence-corrected chi connectivity index (χ3v) is 8.25. The van der Waals surface area contributed by atoms with E-state index >= 15 is 0 Å². The summed E-state index contributed by atoms with van der Waals surface area (Å²) in [6, 6.07) is 8.98. The number of ketones is 1. The lowest BCUT2D eigenvalue weighted by Gasteiger charge is -2.46. The molecule has 0 atom stereocenters. The van der Waals surface area contributed by atoms with Crippen molar-refractivity contribution in [2.75, 3.05) is 31.1 Å². The van der Waals surface area contributed by atoms with Gasteiger partial charge in [0.1, 0.15) is 11.3 Å². The van der Waals surface area contributed by atoms with E-state index < -0.39 is 5.97 Å². The predicted octanol–water partition coefficient (Wildman–Crippen LogP) is 5.87. The van der Waals surface area contributed by atoms with Crippen molar-refractivity contribution in [2.45, 2.75) is 71.3 Å². The van der Waals surface area contributed by atoms with Crippen LogP contribution in [0.25, 0.3) is 6.08 Å². The highest BCUT2D eigenvalue weighted by Crippen LogP contribution is 2.50. The largest absolute Gasteiger partial charge is 0.507 e. The second kappa shape index (κ2) is 9.97. The lowest BCUT2D eigenvalue weighted by atomic mass is 9.62. The molecule has 2 aromatic carbocycles. The fraction of sp³-hybridized carbons (Fsp3) is 0.484. The maximum absolute atomic E-state index is 13.4. The maximum atomic E-state index is 13.4. The first-order chi connectivity index (χ1) is 17.3. The number of nitrogens with zero attached hydrogens (tertiary/aromatic N) is 2. The number of anilines is 1. The SMILES string of the molecule is CC(C)N1CCN(c2cc(C(=O)/C=C/c3ccc(C(=O)O)c(O)c3)cc3c2C(C)(C)CCC3(C)C)CC1. The Morgan fingerprint density at radius 1 is 0.946 bits per heavy atom. The Kier molecular flexibility index (Phi) is 7.26. The van der Waals surface area contributed by atoms with E-state index in [9.17, 15) is 14.7 Å². The monoisotopic (exact) mass is 504 g/mol. The van der Waals surface area contributed by atoms with Crippen LogP contribution in [0, 0.1) is 0 Å². The van der Waals surface area contributed by atoms with Crippen LogP contribution in [0.3, 0.4) is 0 Å². The van der Waals surface area contributed by atoms with E-state index in [1.165, 1.54) is 35.0 Å². The fourth-order valence-corrected chi connectivity index (χ4v) is 5.73. The van der Waals surface area contributed by atoms with E-state index in [0.29, 0.717) is 17.2 Å². The Hall–Kier alpha value is -3.12. The van der Waals surface area contributed by atoms with Gasteiger partial charge in [-0.1, -0.05) is 39.8 Å². The van der Waals surface area contributed by atoms with E-state index in [2.05, 4.69) is 63.5 Å². The number of rotatable bonds is 6. The minimum absolute atomic E-state index is 0.0240. The van der Waals surface area contributed by atoms with Crippen LogP contribution < -0.4 is 4.90 Å². The van der Waals surface area contributed by atoms with Crippen molar-refractivity contribution in [3.05, 3.63) is 64.2 Å². The molecule has 0 unspecified atom stereocenters. The molecule has 1 fully saturated rings. The molecule has 4 rings (SSSR count). The van der Waals surface area contributed by atoms with Gasteiger partial charge in [-0.2, -0.15) is 0 Å². The summed E-state index contributed by atoms with van der Waals surface area (Å²) >= 11 is 0. The molecule has 2 aromatic rings. The average molecular weight is 505 g/mol. The molecule has 2 N–H and O–H groups in total. The molecule has 2 aliphatic rings. The highest BCUT2D eigenvalue weighted by molar-refractivity contribution is 6.08. The van der Waals surface area contributed by atoms with E-state index in [1.54, 1.807) is 12.1 Å². The number of benzene rings is 2. The predicted molar refractivity (Wildman–Crippen MR) is 149 cm³/mol. The lowest BCUT2D eigenvalue weighted by molar-refractivity contribution is 0.0693. The second-order valence-electron chi connectivity index (χ2n) is 12.1. The molecule has 0 saturated carbocycles. The Labute approximate surface area is 220 Å². The van der Waals surface area contributed by atoms with Crippen molar-refractivity contribution in [1.29, 1.82) is 0 Å². The van der Waals surface area contributed by atoms with Crippen LogP contribution in [0.1, 0.15) is 91.8 Å². The van der Waals surface area contributed by atoms with E-state index in [4.69, 9.17) is 5.11 Å². The van der Waals surface area contributed by atoms with Gasteiger partial charge in [-0.3, -0.25) is 9.69 Å². The van der Waals surface area contributed by atoms with Gasteiger partial charge in [0.25, 0.3) is 0 Å². The summed E-state index contributed by atoms with van der Waals surface area (Å²) in [5, 5.41) is 19.1. The molecule has 0 radical (unpaired) electrons. The highest BCUT2D eigenvalue weighted by Gasteiger charge is 2.40. The smallest absolute Gasteiger partial charge is 0.339 e. The normalized spacial score (nSPS) is 19.3. The Bertz CT molecular complexity index is 1230. The Morgan fingerprint density at radius 2 is 1.59 bits per heavy atom. The molecule has 0 spiro atoms. The standard InChI is InChI=1S/C31H40N2O4/c1-20(2)32-13-15-33(16-14-32)25-19-22(18-24-28(25)31(5,6)12-11-30(24,3)4)26(34)10-8-21-7-9-23(29(36)37)27(35)17-21/h7-10,17-20,35H,11-16H2,1-6H3,(H,36,37)/b10-8+. The van der Waals surface area contributed by atoms with Crippen LogP contribution in [0.15, 0.2) is 36.4 Å². The van der Waals surface area contributed by atoms with E-state index in [0.717, 1.165) is 39.0 Å². The average Bonchev–Trinajstić information content (AvgIpc) is 2.84. The summed E-state index contributed by atoms with van der Waals surface area (Å²) in [5.41, 5.74) is 4.87. The number of carbonyl (C=O) groups excluding carboxylic acids is 1. The van der Waals surface area contributed by atoms with Gasteiger partial charge >= 0.3 is 5.97 Å². The first-order valence-electron chi connectivity index (χ1n) is 13.3. The number of fused-ring (bicyclic) bond motifs is 1. The fourth-order valence-electron chi connectivity index (χ4n) is 5.73. The van der Waals surface area contributed by atoms with Gasteiger partial charge in [-0.05, 0) is 84.6 Å². The van der Waals surface area contributed by atoms with Crippen LogP contribution in [0.4, 0.5) is 5.69 Å². The van der Waals surface area contributed by atoms with Gasteiger partial charge in [0.2, 0.25) is 0 Å². The summed E-state index contributed by atoms with van der Waals surface area (Å²) in [7, 11) is 0. The summed E-state index contributed by atoms with van der Waals surface area (Å²) in [6.07, 6.45) is 5.31. The minimum atomic E-state index is -1.19. The van der Waals surface area contributed by atoms with Gasteiger partial charge < -0.3 is 15.1 Å². The van der Waals surface area contributed by atoms with Crippen molar-refractivity contribution in [1.82, 2.24) is 4.90 Å². The number of piperazine rings is 1. The molecular weight excluding hydrogens is 464 g/mol. The number of hydrogen-bond donors (Lipinski definition) is 2. The van der Waals surface area contributed by atoms with Crippen molar-refractivity contribution >= 4 is 23.5 Å². The first kappa shape index (κ1) is 26.9. The molecular formula is C31H40N2O4. The van der Waals surface area contributed by atoms with Crippen molar-refractivity contribution in [2.24, 2.45) is 0 Å². The summed E-state index contributed by atoms with van der Waals surface area (Å²) in [4.78, 5) is 29.6. The van der Waals surface area contributed by atoms with Gasteiger partial charge in [0, 0.05) is 43.5 Å². The number of allylic oxidation sites excluding steroid dienone is 1. The number of carboxylic acids is 1. The zero-order valence-corrected chi connectivity index (χ0v) is 23.0. The van der Waals surface area contributed by atoms with Gasteiger partial charge in [0.15, 0.2) is 5.78 Å². The summed E-state index contributed by atoms with van der Waals surface area (Å²) < 4.78 is 0. The maximum Gasteiger partial charge on any atom is 0.339 e. The Balaban J connectivity index is 1.73. The molecule has 1 aliphatic heterocycles. The molecule has 37 heavy (non-hydrogen) atoms. The van der Waals surface area contributed by atoms with Gasteiger partial charge in [0.05, 0.1) is 0 Å². The number of carboxylic acid groups (broad SMARTS) is 1. The van der Waals surface area contributed by atoms with Crippen LogP contribution in [-0.4, -0.2) is 59.1 Å². The summed E-state index contributed by atoms with van der Waals surface area (Å²) in [6.45, 7) is 17.6. The Morgan fingerprint density at radius 3 is 2.19 bits per heavy atom. The van der Waals surface area contributed by atoms with E-state index in [1.807, 2.05) is 0 Å². The minimum Gasteiger partial charge on any atom is -0.507 e. The third kappa shape index (κ3) is 5.45. The third-order valence-electron chi connectivity index (χ3n) is 8.25. The quantitative estimate of drug-likeness (QED) is 0.379. The van der Waals surface area contributed by atoms with E-state index in [-0.39, 0.29) is 27.9 Å². The molecule has 0 amide bonds. The number of carbonyl (C=O) groups is 2. The zero-order valence-electron chi connectivity index (χ0n) is 23.0. The van der Waals surface area contributed by atoms with Crippen LogP contribution >= 0.6 is 0 Å². The first-order valence-corrected chi connectivity index (χ1v) is 13.3. The second-order valence-corrected chi connectivity index (χ2v) is 12.1. The number of aromatic carboxylic acids is 1. The lowest BCUT2D eigenvalue weighted by Crippen LogP contribution is -2.50. The zero-order chi connectivity index (χ0) is 27.1. The number of hydrogen-bond acceptors (Lipinski definition) is 5. The molecule has 0 aromatic heterocycles. The molecule has 6 heteroatoms. The van der Waals surface area contributed by atoms with Crippen LogP contribution in [0.2, 0.25) is 0 Å². The molecule has 0 bridgehead atoms. The van der Waals surface area contributed by atoms with Gasteiger partial charge in [-0.15, -0.1) is 0 Å². The van der Waals surface area contributed by atoms with Gasteiger partial charge in [-0.25, -0.2) is 4.79 Å².